The fourth-order valence-electron chi connectivity index (χ4n) is 2.17. The summed E-state index contributed by atoms with van der Waals surface area (Å²) in [6.07, 6.45) is 0. The Hall–Kier alpha value is -1.98. The van der Waals surface area contributed by atoms with Gasteiger partial charge >= 0.3 is 0 Å². The van der Waals surface area contributed by atoms with Gasteiger partial charge in [-0.05, 0) is 29.8 Å². The summed E-state index contributed by atoms with van der Waals surface area (Å²) in [5.74, 6) is -0.269. The highest BCUT2D eigenvalue weighted by atomic mass is 32.2. The fourth-order valence-corrected chi connectivity index (χ4v) is 3.12. The first-order valence-electron chi connectivity index (χ1n) is 7.50. The molecule has 2 atom stereocenters. The summed E-state index contributed by atoms with van der Waals surface area (Å²) < 4.78 is 12.0. The van der Waals surface area contributed by atoms with E-state index in [1.54, 1.807) is 24.3 Å². The van der Waals surface area contributed by atoms with Gasteiger partial charge in [-0.2, -0.15) is 0 Å². The molecule has 23 heavy (non-hydrogen) atoms. The van der Waals surface area contributed by atoms with Crippen molar-refractivity contribution in [3.8, 4) is 0 Å². The number of carbonyl (C=O) groups excluding carboxylic acids is 1. The van der Waals surface area contributed by atoms with Crippen LogP contribution in [0.5, 0.6) is 0 Å². The van der Waals surface area contributed by atoms with Gasteiger partial charge in [0.25, 0.3) is 5.91 Å². The maximum atomic E-state index is 12.3. The quantitative estimate of drug-likeness (QED) is 0.855. The molecule has 0 aliphatic heterocycles. The molecule has 0 saturated carbocycles. The standard InChI is InChI=1S/C18H21NO3S/c1-13(2)23(22)16-10-8-15(9-11-16)18(21)19-17(12-20)14-6-4-3-5-7-14/h3-11,13,17,20H,12H2,1-2H3,(H,19,21). The van der Waals surface area contributed by atoms with Gasteiger partial charge < -0.3 is 10.4 Å². The molecule has 0 fully saturated rings. The lowest BCUT2D eigenvalue weighted by molar-refractivity contribution is 0.0916. The molecule has 0 spiro atoms. The minimum atomic E-state index is -1.07. The van der Waals surface area contributed by atoms with E-state index in [0.29, 0.717) is 10.5 Å². The lowest BCUT2D eigenvalue weighted by atomic mass is 10.1. The first kappa shape index (κ1) is 17.4. The smallest absolute Gasteiger partial charge is 0.251 e. The molecule has 0 saturated heterocycles. The molecule has 0 aliphatic rings. The topological polar surface area (TPSA) is 66.4 Å². The van der Waals surface area contributed by atoms with Gasteiger partial charge in [-0.3, -0.25) is 9.00 Å². The highest BCUT2D eigenvalue weighted by molar-refractivity contribution is 7.85. The minimum Gasteiger partial charge on any atom is -0.394 e. The number of aliphatic hydroxyl groups excluding tert-OH is 1. The van der Waals surface area contributed by atoms with Crippen molar-refractivity contribution < 1.29 is 14.1 Å². The Bertz CT molecular complexity index is 668. The molecule has 0 heterocycles. The van der Waals surface area contributed by atoms with Crippen LogP contribution in [0.15, 0.2) is 59.5 Å². The summed E-state index contributed by atoms with van der Waals surface area (Å²) in [6.45, 7) is 3.61. The van der Waals surface area contributed by atoms with E-state index < -0.39 is 16.8 Å². The molecule has 5 heteroatoms. The molecule has 4 nitrogen and oxygen atoms in total. The van der Waals surface area contributed by atoms with Crippen LogP contribution in [0.25, 0.3) is 0 Å². The summed E-state index contributed by atoms with van der Waals surface area (Å²) in [7, 11) is -1.07. The van der Waals surface area contributed by atoms with Gasteiger partial charge in [-0.15, -0.1) is 0 Å². The van der Waals surface area contributed by atoms with Gasteiger partial charge in [-0.1, -0.05) is 44.2 Å². The first-order valence-corrected chi connectivity index (χ1v) is 8.71. The number of rotatable bonds is 6. The Kier molecular flexibility index (Phi) is 6.07. The Labute approximate surface area is 139 Å². The number of hydrogen-bond acceptors (Lipinski definition) is 3. The highest BCUT2D eigenvalue weighted by Crippen LogP contribution is 2.15. The van der Waals surface area contributed by atoms with E-state index in [1.807, 2.05) is 44.2 Å². The van der Waals surface area contributed by atoms with Crippen molar-refractivity contribution in [2.75, 3.05) is 6.61 Å². The third kappa shape index (κ3) is 4.50. The molecule has 0 radical (unpaired) electrons. The van der Waals surface area contributed by atoms with Crippen molar-refractivity contribution in [2.24, 2.45) is 0 Å². The van der Waals surface area contributed by atoms with Crippen LogP contribution in [0.2, 0.25) is 0 Å². The van der Waals surface area contributed by atoms with Crippen molar-refractivity contribution in [3.63, 3.8) is 0 Å². The second-order valence-corrected chi connectivity index (χ2v) is 7.50. The maximum absolute atomic E-state index is 12.3. The zero-order valence-electron chi connectivity index (χ0n) is 13.2. The highest BCUT2D eigenvalue weighted by Gasteiger charge is 2.15. The van der Waals surface area contributed by atoms with E-state index in [2.05, 4.69) is 5.32 Å². The van der Waals surface area contributed by atoms with Crippen LogP contribution in [-0.4, -0.2) is 27.1 Å². The zero-order valence-corrected chi connectivity index (χ0v) is 14.0. The number of nitrogens with one attached hydrogen (secondary N) is 1. The van der Waals surface area contributed by atoms with Gasteiger partial charge in [0.15, 0.2) is 0 Å². The molecule has 0 bridgehead atoms. The van der Waals surface area contributed by atoms with Crippen LogP contribution < -0.4 is 5.32 Å². The molecule has 2 N–H and O–H groups in total. The Balaban J connectivity index is 2.10. The number of hydrogen-bond donors (Lipinski definition) is 2. The van der Waals surface area contributed by atoms with E-state index in [1.165, 1.54) is 0 Å². The summed E-state index contributed by atoms with van der Waals surface area (Å²) in [5.41, 5.74) is 1.32. The summed E-state index contributed by atoms with van der Waals surface area (Å²) in [6, 6.07) is 15.6. The summed E-state index contributed by atoms with van der Waals surface area (Å²) >= 11 is 0. The van der Waals surface area contributed by atoms with Crippen LogP contribution in [0.1, 0.15) is 35.8 Å². The van der Waals surface area contributed by atoms with E-state index in [9.17, 15) is 14.1 Å². The monoisotopic (exact) mass is 331 g/mol. The third-order valence-corrected chi connectivity index (χ3v) is 5.06. The van der Waals surface area contributed by atoms with E-state index in [4.69, 9.17) is 0 Å². The van der Waals surface area contributed by atoms with E-state index in [-0.39, 0.29) is 17.8 Å². The van der Waals surface area contributed by atoms with Gasteiger partial charge in [-0.25, -0.2) is 0 Å². The van der Waals surface area contributed by atoms with Crippen molar-refractivity contribution in [2.45, 2.75) is 30.0 Å². The van der Waals surface area contributed by atoms with Crippen LogP contribution >= 0.6 is 0 Å². The van der Waals surface area contributed by atoms with Gasteiger partial charge in [0.05, 0.1) is 23.4 Å². The molecule has 2 aromatic carbocycles. The largest absolute Gasteiger partial charge is 0.394 e. The normalized spacial score (nSPS) is 13.6. The molecule has 2 aromatic rings. The molecule has 2 rings (SSSR count). The average Bonchev–Trinajstić information content (AvgIpc) is 2.59. The lowest BCUT2D eigenvalue weighted by Crippen LogP contribution is -2.30. The Morgan fingerprint density at radius 3 is 2.22 bits per heavy atom. The van der Waals surface area contributed by atoms with Gasteiger partial charge in [0.1, 0.15) is 0 Å². The summed E-state index contributed by atoms with van der Waals surface area (Å²) in [4.78, 5) is 13.0. The Morgan fingerprint density at radius 1 is 1.09 bits per heavy atom. The van der Waals surface area contributed by atoms with Crippen LogP contribution in [0.3, 0.4) is 0 Å². The van der Waals surface area contributed by atoms with Crippen LogP contribution in [0.4, 0.5) is 0 Å². The predicted molar refractivity (Wildman–Crippen MR) is 91.7 cm³/mol. The van der Waals surface area contributed by atoms with Crippen molar-refractivity contribution in [1.82, 2.24) is 5.32 Å². The lowest BCUT2D eigenvalue weighted by Gasteiger charge is -2.17. The van der Waals surface area contributed by atoms with E-state index in [0.717, 1.165) is 5.56 Å². The maximum Gasteiger partial charge on any atom is 0.251 e. The SMILES string of the molecule is CC(C)S(=O)c1ccc(C(=O)NC(CO)c2ccccc2)cc1. The van der Waals surface area contributed by atoms with Gasteiger partial charge in [0, 0.05) is 15.7 Å². The molecular weight excluding hydrogens is 310 g/mol. The number of aliphatic hydroxyl groups is 1. The molecule has 0 aliphatic carbocycles. The van der Waals surface area contributed by atoms with Crippen molar-refractivity contribution in [3.05, 3.63) is 65.7 Å². The molecule has 2 unspecified atom stereocenters. The first-order chi connectivity index (χ1) is 11.0. The molecule has 122 valence electrons. The zero-order chi connectivity index (χ0) is 16.8. The summed E-state index contributed by atoms with van der Waals surface area (Å²) in [5, 5.41) is 12.3. The van der Waals surface area contributed by atoms with Crippen molar-refractivity contribution >= 4 is 16.7 Å². The number of benzene rings is 2. The molecule has 1 amide bonds. The predicted octanol–water partition coefficient (Wildman–Crippen LogP) is 2.67. The van der Waals surface area contributed by atoms with Crippen LogP contribution in [-0.2, 0) is 10.8 Å². The molecule has 0 aromatic heterocycles. The van der Waals surface area contributed by atoms with Gasteiger partial charge in [0.2, 0.25) is 0 Å². The average molecular weight is 331 g/mol. The Morgan fingerprint density at radius 2 is 1.70 bits per heavy atom. The fraction of sp³-hybridized carbons (Fsp3) is 0.278. The number of amides is 1. The molecular formula is C18H21NO3S. The van der Waals surface area contributed by atoms with Crippen LogP contribution in [0, 0.1) is 0 Å². The van der Waals surface area contributed by atoms with Crippen molar-refractivity contribution in [1.29, 1.82) is 0 Å². The number of carbonyl (C=O) groups is 1. The minimum absolute atomic E-state index is 0.0338. The second kappa shape index (κ2) is 8.04. The second-order valence-electron chi connectivity index (χ2n) is 5.49. The van der Waals surface area contributed by atoms with E-state index >= 15 is 0 Å². The third-order valence-electron chi connectivity index (χ3n) is 3.47.